The van der Waals surface area contributed by atoms with Crippen molar-refractivity contribution in [1.29, 1.82) is 0 Å². The summed E-state index contributed by atoms with van der Waals surface area (Å²) in [5.74, 6) is 0. The van der Waals surface area contributed by atoms with Crippen molar-refractivity contribution in [2.75, 3.05) is 19.8 Å². The van der Waals surface area contributed by atoms with E-state index >= 15 is 0 Å². The van der Waals surface area contributed by atoms with Gasteiger partial charge in [-0.3, -0.25) is 0 Å². The molecule has 0 saturated carbocycles. The third-order valence-electron chi connectivity index (χ3n) is 3.60. The number of primary sulfonamides is 1. The normalized spacial score (nSPS) is 23.7. The molecule has 0 amide bonds. The van der Waals surface area contributed by atoms with Crippen LogP contribution < -0.4 is 10.5 Å². The fraction of sp³-hybridized carbons (Fsp3) is 0.667. The number of aliphatic hydroxyl groups is 1. The quantitative estimate of drug-likeness (QED) is 0.621. The van der Waals surface area contributed by atoms with Crippen molar-refractivity contribution in [3.63, 3.8) is 0 Å². The average molecular weight is 385 g/mol. The molecule has 0 bridgehead atoms. The van der Waals surface area contributed by atoms with E-state index < -0.39 is 25.3 Å². The van der Waals surface area contributed by atoms with Crippen LogP contribution in [0.15, 0.2) is 8.42 Å². The minimum Gasteiger partial charge on any atom is -0.394 e. The molecule has 2 heterocycles. The third-order valence-corrected chi connectivity index (χ3v) is 8.97. The zero-order valence-corrected chi connectivity index (χ0v) is 15.2. The number of sulfone groups is 1. The number of aliphatic hydroxyl groups excluding tert-OH is 1. The highest BCUT2D eigenvalue weighted by Crippen LogP contribution is 2.45. The number of nitrogens with one attached hydrogen (secondary N) is 1. The molecule has 1 aliphatic rings. The van der Waals surface area contributed by atoms with Crippen molar-refractivity contribution in [1.82, 2.24) is 5.32 Å². The monoisotopic (exact) mass is 384 g/mol. The Bertz CT molecular complexity index is 784. The fourth-order valence-electron chi connectivity index (χ4n) is 2.70. The number of ether oxygens (including phenoxy) is 1. The third kappa shape index (κ3) is 3.45. The highest BCUT2D eigenvalue weighted by Gasteiger charge is 2.43. The molecular formula is C12H20N2O6S3. The molecule has 0 fully saturated rings. The standard InChI is InChI=1S/C12H20N2O6S3/c1-3-14-8-6-9(20-5-4-15)22(16,17)12-10(8)7(2)11(21-12)23(13,18)19/h8-9,14-15H,3-6H2,1-2H3,(H2,13,18,19). The molecule has 132 valence electrons. The van der Waals surface area contributed by atoms with E-state index in [1.807, 2.05) is 6.92 Å². The first-order chi connectivity index (χ1) is 10.6. The molecule has 1 aliphatic heterocycles. The van der Waals surface area contributed by atoms with Crippen LogP contribution in [0.4, 0.5) is 0 Å². The summed E-state index contributed by atoms with van der Waals surface area (Å²) < 4.78 is 53.9. The fourth-order valence-corrected chi connectivity index (χ4v) is 7.54. The van der Waals surface area contributed by atoms with Gasteiger partial charge in [0.25, 0.3) is 0 Å². The van der Waals surface area contributed by atoms with E-state index in [2.05, 4.69) is 5.32 Å². The number of nitrogens with two attached hydrogens (primary N) is 1. The SMILES string of the molecule is CCNC1CC(OCCO)S(=O)(=O)c2sc(S(N)(=O)=O)c(C)c21. The van der Waals surface area contributed by atoms with Crippen molar-refractivity contribution >= 4 is 31.2 Å². The van der Waals surface area contributed by atoms with Crippen LogP contribution in [0.3, 0.4) is 0 Å². The van der Waals surface area contributed by atoms with Gasteiger partial charge < -0.3 is 15.2 Å². The van der Waals surface area contributed by atoms with Crippen molar-refractivity contribution in [2.24, 2.45) is 5.14 Å². The van der Waals surface area contributed by atoms with E-state index in [1.54, 1.807) is 6.92 Å². The summed E-state index contributed by atoms with van der Waals surface area (Å²) in [6, 6.07) is -0.353. The van der Waals surface area contributed by atoms with Crippen LogP contribution in [-0.2, 0) is 24.6 Å². The number of fused-ring (bicyclic) bond motifs is 1. The molecule has 1 aromatic heterocycles. The Labute approximate surface area is 139 Å². The van der Waals surface area contributed by atoms with Crippen LogP contribution in [-0.4, -0.2) is 47.1 Å². The number of thiophene rings is 1. The van der Waals surface area contributed by atoms with E-state index in [1.165, 1.54) is 0 Å². The van der Waals surface area contributed by atoms with Crippen molar-refractivity contribution in [2.45, 2.75) is 40.2 Å². The average Bonchev–Trinajstić information content (AvgIpc) is 2.80. The first kappa shape index (κ1) is 18.8. The van der Waals surface area contributed by atoms with Gasteiger partial charge in [0.05, 0.1) is 13.2 Å². The lowest BCUT2D eigenvalue weighted by Crippen LogP contribution is -2.37. The lowest BCUT2D eigenvalue weighted by molar-refractivity contribution is 0.0593. The minimum atomic E-state index is -4.01. The highest BCUT2D eigenvalue weighted by molar-refractivity contribution is 7.95. The summed E-state index contributed by atoms with van der Waals surface area (Å²) in [4.78, 5) is 0. The minimum absolute atomic E-state index is 0.0286. The van der Waals surface area contributed by atoms with E-state index in [4.69, 9.17) is 15.0 Å². The van der Waals surface area contributed by atoms with Gasteiger partial charge in [-0.15, -0.1) is 11.3 Å². The van der Waals surface area contributed by atoms with Crippen molar-refractivity contribution < 1.29 is 26.7 Å². The van der Waals surface area contributed by atoms with Crippen LogP contribution in [0.25, 0.3) is 0 Å². The van der Waals surface area contributed by atoms with E-state index in [9.17, 15) is 16.8 Å². The second-order valence-corrected chi connectivity index (χ2v) is 10.2. The van der Waals surface area contributed by atoms with Crippen LogP contribution in [0.5, 0.6) is 0 Å². The maximum Gasteiger partial charge on any atom is 0.247 e. The number of hydrogen-bond acceptors (Lipinski definition) is 8. The maximum absolute atomic E-state index is 12.7. The molecule has 2 rings (SSSR count). The van der Waals surface area contributed by atoms with Gasteiger partial charge in [0.1, 0.15) is 8.42 Å². The zero-order valence-electron chi connectivity index (χ0n) is 12.8. The molecule has 0 saturated heterocycles. The summed E-state index contributed by atoms with van der Waals surface area (Å²) in [6.07, 6.45) is 0.144. The molecule has 1 aromatic rings. The lowest BCUT2D eigenvalue weighted by Gasteiger charge is -2.30. The van der Waals surface area contributed by atoms with Gasteiger partial charge in [-0.25, -0.2) is 22.0 Å². The van der Waals surface area contributed by atoms with Crippen molar-refractivity contribution in [3.05, 3.63) is 11.1 Å². The zero-order chi connectivity index (χ0) is 17.4. The van der Waals surface area contributed by atoms with Crippen LogP contribution in [0.2, 0.25) is 0 Å². The van der Waals surface area contributed by atoms with Gasteiger partial charge >= 0.3 is 0 Å². The first-order valence-corrected chi connectivity index (χ1v) is 10.9. The largest absolute Gasteiger partial charge is 0.394 e. The van der Waals surface area contributed by atoms with Crippen LogP contribution in [0, 0.1) is 6.92 Å². The predicted octanol–water partition coefficient (Wildman–Crippen LogP) is -0.133. The van der Waals surface area contributed by atoms with Crippen LogP contribution in [0.1, 0.15) is 30.5 Å². The summed E-state index contributed by atoms with van der Waals surface area (Å²) in [5, 5.41) is 17.2. The summed E-state index contributed by atoms with van der Waals surface area (Å²) >= 11 is 0.659. The molecule has 0 aromatic carbocycles. The molecule has 23 heavy (non-hydrogen) atoms. The lowest BCUT2D eigenvalue weighted by atomic mass is 10.0. The smallest absolute Gasteiger partial charge is 0.247 e. The Hall–Kier alpha value is -0.560. The molecule has 0 aliphatic carbocycles. The Morgan fingerprint density at radius 1 is 1.48 bits per heavy atom. The number of sulfonamides is 1. The first-order valence-electron chi connectivity index (χ1n) is 7.00. The molecule has 0 radical (unpaired) electrons. The Balaban J connectivity index is 2.63. The van der Waals surface area contributed by atoms with Gasteiger partial charge in [0, 0.05) is 18.0 Å². The number of rotatable bonds is 6. The number of hydrogen-bond donors (Lipinski definition) is 3. The summed E-state index contributed by atoms with van der Waals surface area (Å²) in [5.41, 5.74) is -0.315. The molecule has 11 heteroatoms. The molecule has 0 spiro atoms. The summed E-state index contributed by atoms with van der Waals surface area (Å²) in [7, 11) is -7.85. The van der Waals surface area contributed by atoms with Gasteiger partial charge in [-0.05, 0) is 19.0 Å². The topological polar surface area (TPSA) is 136 Å². The Morgan fingerprint density at radius 2 is 2.13 bits per heavy atom. The predicted molar refractivity (Wildman–Crippen MR) is 85.5 cm³/mol. The molecule has 2 atom stereocenters. The molecule has 4 N–H and O–H groups in total. The highest BCUT2D eigenvalue weighted by atomic mass is 32.3. The Morgan fingerprint density at radius 3 is 2.65 bits per heavy atom. The van der Waals surface area contributed by atoms with Crippen LogP contribution >= 0.6 is 11.3 Å². The van der Waals surface area contributed by atoms with E-state index in [0.717, 1.165) is 0 Å². The van der Waals surface area contributed by atoms with Gasteiger partial charge in [-0.1, -0.05) is 6.92 Å². The summed E-state index contributed by atoms with van der Waals surface area (Å²) in [6.45, 7) is 3.61. The molecule has 2 unspecified atom stereocenters. The van der Waals surface area contributed by atoms with E-state index in [-0.39, 0.29) is 34.1 Å². The van der Waals surface area contributed by atoms with Gasteiger partial charge in [0.2, 0.25) is 19.9 Å². The van der Waals surface area contributed by atoms with Gasteiger partial charge in [-0.2, -0.15) is 0 Å². The second-order valence-electron chi connectivity index (χ2n) is 5.18. The molecular weight excluding hydrogens is 364 g/mol. The van der Waals surface area contributed by atoms with E-state index in [0.29, 0.717) is 29.0 Å². The second kappa shape index (κ2) is 6.75. The van der Waals surface area contributed by atoms with Crippen molar-refractivity contribution in [3.8, 4) is 0 Å². The van der Waals surface area contributed by atoms with Gasteiger partial charge in [0.15, 0.2) is 5.44 Å². The molecule has 8 nitrogen and oxygen atoms in total. The Kier molecular flexibility index (Phi) is 5.51. The maximum atomic E-state index is 12.7.